The van der Waals surface area contributed by atoms with Gasteiger partial charge in [-0.3, -0.25) is 4.79 Å². The number of amides is 2. The lowest BCUT2D eigenvalue weighted by Crippen LogP contribution is -2.46. The Hall–Kier alpha value is -3.61. The van der Waals surface area contributed by atoms with Crippen molar-refractivity contribution in [3.63, 3.8) is 0 Å². The fourth-order valence-electron chi connectivity index (χ4n) is 4.34. The van der Waals surface area contributed by atoms with Crippen LogP contribution in [-0.2, 0) is 25.5 Å². The number of benzene rings is 1. The first kappa shape index (κ1) is 26.5. The number of anilines is 1. The van der Waals surface area contributed by atoms with E-state index in [1.807, 2.05) is 13.0 Å². The molecule has 1 aliphatic rings. The van der Waals surface area contributed by atoms with E-state index >= 15 is 8.78 Å². The lowest BCUT2D eigenvalue weighted by Gasteiger charge is -2.32. The number of nitrogens with two attached hydrogens (primary N) is 1. The van der Waals surface area contributed by atoms with Gasteiger partial charge in [-0.05, 0) is 43.7 Å². The maximum atomic E-state index is 15.4. The predicted octanol–water partition coefficient (Wildman–Crippen LogP) is 3.21. The highest BCUT2D eigenvalue weighted by Crippen LogP contribution is 2.33. The zero-order valence-electron chi connectivity index (χ0n) is 20.8. The minimum atomic E-state index is -0.888. The molecule has 3 heterocycles. The zero-order chi connectivity index (χ0) is 26.7. The Morgan fingerprint density at radius 3 is 2.70 bits per heavy atom. The Morgan fingerprint density at radius 2 is 2.03 bits per heavy atom. The van der Waals surface area contributed by atoms with E-state index in [9.17, 15) is 9.59 Å². The fraction of sp³-hybridized carbons (Fsp3) is 0.400. The van der Waals surface area contributed by atoms with Gasteiger partial charge in [-0.2, -0.15) is 0 Å². The third kappa shape index (κ3) is 5.87. The number of pyridine rings is 1. The molecule has 2 atom stereocenters. The molecule has 0 radical (unpaired) electrons. The van der Waals surface area contributed by atoms with E-state index in [4.69, 9.17) is 15.4 Å². The molecule has 2 amide bonds. The van der Waals surface area contributed by atoms with Crippen LogP contribution in [0.3, 0.4) is 0 Å². The Balaban J connectivity index is 1.69. The largest absolute Gasteiger partial charge is 0.453 e. The molecule has 37 heavy (non-hydrogen) atoms. The summed E-state index contributed by atoms with van der Waals surface area (Å²) >= 11 is 0. The summed E-state index contributed by atoms with van der Waals surface area (Å²) in [6.07, 6.45) is 0.467. The average molecular weight is 518 g/mol. The Morgan fingerprint density at radius 1 is 1.30 bits per heavy atom. The van der Waals surface area contributed by atoms with Crippen molar-refractivity contribution in [1.29, 1.82) is 0 Å². The monoisotopic (exact) mass is 517 g/mol. The minimum absolute atomic E-state index is 0.0431. The second-order valence-electron chi connectivity index (χ2n) is 8.97. The lowest BCUT2D eigenvalue weighted by molar-refractivity contribution is -0.118. The number of hydrogen-bond acceptors (Lipinski definition) is 7. The minimum Gasteiger partial charge on any atom is -0.453 e. The van der Waals surface area contributed by atoms with E-state index in [2.05, 4.69) is 15.1 Å². The van der Waals surface area contributed by atoms with E-state index < -0.39 is 35.8 Å². The number of aromatic nitrogens is 2. The predicted molar refractivity (Wildman–Crippen MR) is 131 cm³/mol. The summed E-state index contributed by atoms with van der Waals surface area (Å²) in [5, 5.41) is 2.45. The van der Waals surface area contributed by atoms with Crippen molar-refractivity contribution in [1.82, 2.24) is 14.3 Å². The topological polar surface area (TPSA) is 120 Å². The molecule has 2 aromatic heterocycles. The molecule has 1 aromatic carbocycles. The molecule has 198 valence electrons. The molecule has 0 bridgehead atoms. The van der Waals surface area contributed by atoms with Gasteiger partial charge in [0.25, 0.3) is 0 Å². The second-order valence-corrected chi connectivity index (χ2v) is 8.97. The second kappa shape index (κ2) is 11.2. The van der Waals surface area contributed by atoms with Gasteiger partial charge < -0.3 is 28.9 Å². The third-order valence-electron chi connectivity index (χ3n) is 6.14. The van der Waals surface area contributed by atoms with Gasteiger partial charge in [0.05, 0.1) is 55.8 Å². The highest BCUT2D eigenvalue weighted by Gasteiger charge is 2.29. The molecule has 3 N–H and O–H groups in total. The number of rotatable bonds is 7. The van der Waals surface area contributed by atoms with Crippen LogP contribution in [0.2, 0.25) is 0 Å². The van der Waals surface area contributed by atoms with Crippen molar-refractivity contribution in [2.24, 2.45) is 5.90 Å². The highest BCUT2D eigenvalue weighted by atomic mass is 19.1. The molecule has 3 aromatic rings. The van der Waals surface area contributed by atoms with Crippen molar-refractivity contribution >= 4 is 23.3 Å². The number of ether oxygens (including phenoxy) is 2. The van der Waals surface area contributed by atoms with Gasteiger partial charge in [0.15, 0.2) is 0 Å². The van der Waals surface area contributed by atoms with Crippen LogP contribution in [0, 0.1) is 18.6 Å². The number of nitrogens with one attached hydrogen (secondary N) is 1. The van der Waals surface area contributed by atoms with Crippen LogP contribution in [-0.4, -0.2) is 65.3 Å². The van der Waals surface area contributed by atoms with Gasteiger partial charge in [-0.25, -0.2) is 24.5 Å². The van der Waals surface area contributed by atoms with Crippen molar-refractivity contribution in [3.05, 3.63) is 53.4 Å². The van der Waals surface area contributed by atoms with Crippen molar-refractivity contribution in [3.8, 4) is 11.3 Å². The maximum Gasteiger partial charge on any atom is 0.409 e. The molecular weight excluding hydrogens is 488 g/mol. The number of methoxy groups -OCH3 is 1. The summed E-state index contributed by atoms with van der Waals surface area (Å²) in [5.74, 6) is 2.78. The Bertz CT molecular complexity index is 1290. The molecule has 4 rings (SSSR count). The van der Waals surface area contributed by atoms with Gasteiger partial charge >= 0.3 is 6.09 Å². The van der Waals surface area contributed by atoms with E-state index in [-0.39, 0.29) is 36.3 Å². The summed E-state index contributed by atoms with van der Waals surface area (Å²) in [7, 11) is 1.31. The molecule has 12 heteroatoms. The Kier molecular flexibility index (Phi) is 8.00. The van der Waals surface area contributed by atoms with Gasteiger partial charge in [0, 0.05) is 24.8 Å². The van der Waals surface area contributed by atoms with E-state index in [0.29, 0.717) is 24.5 Å². The van der Waals surface area contributed by atoms with E-state index in [1.54, 1.807) is 23.6 Å². The number of hydrogen-bond donors (Lipinski definition) is 2. The summed E-state index contributed by atoms with van der Waals surface area (Å²) in [4.78, 5) is 34.8. The molecule has 1 aliphatic heterocycles. The number of morpholine rings is 1. The molecule has 1 fully saturated rings. The molecule has 2 unspecified atom stereocenters. The summed E-state index contributed by atoms with van der Waals surface area (Å²) < 4.78 is 43.2. The van der Waals surface area contributed by atoms with Crippen LogP contribution in [0.4, 0.5) is 19.3 Å². The van der Waals surface area contributed by atoms with Crippen LogP contribution >= 0.6 is 0 Å². The van der Waals surface area contributed by atoms with Gasteiger partial charge in [0.1, 0.15) is 17.3 Å². The quantitative estimate of drug-likeness (QED) is 0.462. The van der Waals surface area contributed by atoms with E-state index in [1.165, 1.54) is 12.0 Å². The smallest absolute Gasteiger partial charge is 0.409 e. The van der Waals surface area contributed by atoms with E-state index in [0.717, 1.165) is 17.7 Å². The SMILES string of the molecule is COC(=O)N1CCOC(Cc2c(-c3c(F)cc(NC(=O)CC(C)ON)cc3F)nc3cc(C)ccn23)C1. The van der Waals surface area contributed by atoms with Crippen LogP contribution in [0.1, 0.15) is 24.6 Å². The number of halogens is 2. The van der Waals surface area contributed by atoms with Gasteiger partial charge in [0.2, 0.25) is 5.91 Å². The molecular formula is C25H29F2N5O5. The van der Waals surface area contributed by atoms with Crippen LogP contribution in [0.25, 0.3) is 16.9 Å². The molecule has 0 spiro atoms. The summed E-state index contributed by atoms with van der Waals surface area (Å²) in [6, 6.07) is 5.75. The van der Waals surface area contributed by atoms with Crippen LogP contribution in [0.5, 0.6) is 0 Å². The summed E-state index contributed by atoms with van der Waals surface area (Å²) in [5.41, 5.74) is 1.71. The normalized spacial score (nSPS) is 16.6. The van der Waals surface area contributed by atoms with Crippen molar-refractivity contribution < 1.29 is 32.7 Å². The standard InChI is InChI=1S/C25H29F2N5O5/c1-14-4-5-32-20(12-17-13-31(6-7-36-17)25(34)35-3)24(30-21(32)8-14)23-18(26)10-16(11-19(23)27)29-22(33)9-15(2)37-28/h4-5,8,10-11,15,17H,6-7,9,12-13,28H2,1-3H3,(H,29,33). The van der Waals surface area contributed by atoms with Crippen LogP contribution in [0.15, 0.2) is 30.5 Å². The zero-order valence-corrected chi connectivity index (χ0v) is 20.8. The fourth-order valence-corrected chi connectivity index (χ4v) is 4.34. The molecule has 10 nitrogen and oxygen atoms in total. The summed E-state index contributed by atoms with van der Waals surface area (Å²) in [6.45, 7) is 4.43. The number of aryl methyl sites for hydroxylation is 1. The molecule has 1 saturated heterocycles. The van der Waals surface area contributed by atoms with Crippen molar-refractivity contribution in [2.75, 3.05) is 32.1 Å². The number of fused-ring (bicyclic) bond motifs is 1. The van der Waals surface area contributed by atoms with Gasteiger partial charge in [-0.15, -0.1) is 0 Å². The molecule has 0 saturated carbocycles. The first-order valence-corrected chi connectivity index (χ1v) is 11.8. The maximum absolute atomic E-state index is 15.4. The van der Waals surface area contributed by atoms with Crippen molar-refractivity contribution in [2.45, 2.75) is 38.9 Å². The molecule has 0 aliphatic carbocycles. The van der Waals surface area contributed by atoms with Crippen LogP contribution < -0.4 is 11.2 Å². The number of carbonyl (C=O) groups is 2. The Labute approximate surface area is 212 Å². The van der Waals surface area contributed by atoms with Gasteiger partial charge in [-0.1, -0.05) is 0 Å². The number of nitrogens with zero attached hydrogens (tertiary/aromatic N) is 3. The third-order valence-corrected chi connectivity index (χ3v) is 6.14. The number of carbonyl (C=O) groups excluding carboxylic acids is 2. The lowest BCUT2D eigenvalue weighted by atomic mass is 10.0. The first-order valence-electron chi connectivity index (χ1n) is 11.8. The first-order chi connectivity index (χ1) is 17.7. The average Bonchev–Trinajstić information content (AvgIpc) is 3.19. The number of imidazole rings is 1. The highest BCUT2D eigenvalue weighted by molar-refractivity contribution is 5.91.